The van der Waals surface area contributed by atoms with E-state index in [0.717, 1.165) is 16.4 Å². The van der Waals surface area contributed by atoms with E-state index in [1.54, 1.807) is 30.3 Å². The van der Waals surface area contributed by atoms with Crippen LogP contribution in [-0.2, 0) is 0 Å². The third kappa shape index (κ3) is 2.39. The minimum absolute atomic E-state index is 0.118. The van der Waals surface area contributed by atoms with Crippen molar-refractivity contribution in [1.29, 1.82) is 0 Å². The summed E-state index contributed by atoms with van der Waals surface area (Å²) in [5.74, 6) is 0.118. The Bertz CT molecular complexity index is 651. The number of carbonyl (C=O) groups is 1. The first-order chi connectivity index (χ1) is 10.0. The number of aldehydes is 1. The molecule has 0 saturated heterocycles. The zero-order valence-electron chi connectivity index (χ0n) is 10.8. The van der Waals surface area contributed by atoms with Gasteiger partial charge in [-0.2, -0.15) is 18.3 Å². The number of anilines is 1. The molecule has 21 heavy (non-hydrogen) atoms. The van der Waals surface area contributed by atoms with Crippen LogP contribution in [0.4, 0.5) is 19.0 Å². The van der Waals surface area contributed by atoms with Gasteiger partial charge in [-0.05, 0) is 5.56 Å². The average Bonchev–Trinajstić information content (AvgIpc) is 2.89. The molecule has 110 valence electrons. The predicted octanol–water partition coefficient (Wildman–Crippen LogP) is 3.36. The van der Waals surface area contributed by atoms with Crippen LogP contribution in [0.25, 0.3) is 0 Å². The fourth-order valence-electron chi connectivity index (χ4n) is 2.57. The molecule has 1 aliphatic heterocycles. The molecule has 2 unspecified atom stereocenters. The molecule has 0 amide bonds. The van der Waals surface area contributed by atoms with Crippen LogP contribution in [0, 0.1) is 0 Å². The van der Waals surface area contributed by atoms with Crippen molar-refractivity contribution in [2.45, 2.75) is 24.7 Å². The Labute approximate surface area is 118 Å². The maximum absolute atomic E-state index is 13.2. The van der Waals surface area contributed by atoms with Gasteiger partial charge in [0.2, 0.25) is 0 Å². The Morgan fingerprint density at radius 3 is 2.62 bits per heavy atom. The highest BCUT2D eigenvalue weighted by molar-refractivity contribution is 5.82. The van der Waals surface area contributed by atoms with Crippen LogP contribution in [0.1, 0.15) is 34.4 Å². The van der Waals surface area contributed by atoms with Gasteiger partial charge >= 0.3 is 6.18 Å². The molecular formula is C14H12F3N3O. The molecule has 4 nitrogen and oxygen atoms in total. The second-order valence-corrected chi connectivity index (χ2v) is 4.91. The Morgan fingerprint density at radius 1 is 1.29 bits per heavy atom. The van der Waals surface area contributed by atoms with E-state index in [1.165, 1.54) is 0 Å². The molecule has 0 saturated carbocycles. The van der Waals surface area contributed by atoms with Gasteiger partial charge in [0.25, 0.3) is 0 Å². The zero-order chi connectivity index (χ0) is 15.0. The van der Waals surface area contributed by atoms with Gasteiger partial charge < -0.3 is 5.32 Å². The van der Waals surface area contributed by atoms with Crippen LogP contribution < -0.4 is 5.32 Å². The van der Waals surface area contributed by atoms with Crippen molar-refractivity contribution in [2.75, 3.05) is 5.32 Å². The third-order valence-corrected chi connectivity index (χ3v) is 3.60. The number of alkyl halides is 3. The summed E-state index contributed by atoms with van der Waals surface area (Å²) in [6.07, 6.45) is -2.93. The summed E-state index contributed by atoms with van der Waals surface area (Å²) in [4.78, 5) is 11.0. The van der Waals surface area contributed by atoms with Gasteiger partial charge in [-0.3, -0.25) is 4.79 Å². The average molecular weight is 295 g/mol. The smallest absolute Gasteiger partial charge is 0.363 e. The number of hydrogen-bond acceptors (Lipinski definition) is 3. The van der Waals surface area contributed by atoms with Crippen molar-refractivity contribution in [3.8, 4) is 0 Å². The van der Waals surface area contributed by atoms with Gasteiger partial charge in [0.15, 0.2) is 12.3 Å². The lowest BCUT2D eigenvalue weighted by Crippen LogP contribution is -2.35. The molecule has 2 atom stereocenters. The molecule has 0 fully saturated rings. The Hall–Kier alpha value is -2.31. The molecule has 1 aliphatic rings. The first-order valence-electron chi connectivity index (χ1n) is 6.41. The number of benzene rings is 1. The molecule has 1 aromatic carbocycles. The number of halogens is 3. The van der Waals surface area contributed by atoms with Crippen molar-refractivity contribution < 1.29 is 18.0 Å². The second-order valence-electron chi connectivity index (χ2n) is 4.91. The first-order valence-corrected chi connectivity index (χ1v) is 6.41. The van der Waals surface area contributed by atoms with Crippen LogP contribution in [0.5, 0.6) is 0 Å². The monoisotopic (exact) mass is 295 g/mol. The summed E-state index contributed by atoms with van der Waals surface area (Å²) in [5.41, 5.74) is 0.876. The lowest BCUT2D eigenvalue weighted by atomic mass is 9.97. The number of hydrogen-bond donors (Lipinski definition) is 1. The maximum atomic E-state index is 13.2. The van der Waals surface area contributed by atoms with Crippen molar-refractivity contribution in [1.82, 2.24) is 9.78 Å². The Balaban J connectivity index is 2.05. The van der Waals surface area contributed by atoms with E-state index in [4.69, 9.17) is 0 Å². The summed E-state index contributed by atoms with van der Waals surface area (Å²) in [6.45, 7) is 0. The van der Waals surface area contributed by atoms with E-state index in [-0.39, 0.29) is 17.8 Å². The fraction of sp³-hybridized carbons (Fsp3) is 0.286. The molecule has 0 spiro atoms. The minimum atomic E-state index is -4.42. The Morgan fingerprint density at radius 2 is 2.00 bits per heavy atom. The van der Waals surface area contributed by atoms with E-state index >= 15 is 0 Å². The zero-order valence-corrected chi connectivity index (χ0v) is 10.8. The molecule has 0 radical (unpaired) electrons. The summed E-state index contributed by atoms with van der Waals surface area (Å²) >= 11 is 0. The third-order valence-electron chi connectivity index (χ3n) is 3.60. The number of nitrogens with one attached hydrogen (secondary N) is 1. The van der Waals surface area contributed by atoms with Crippen molar-refractivity contribution in [3.05, 3.63) is 47.7 Å². The van der Waals surface area contributed by atoms with E-state index in [9.17, 15) is 18.0 Å². The molecule has 3 rings (SSSR count). The highest BCUT2D eigenvalue weighted by atomic mass is 19.4. The van der Waals surface area contributed by atoms with Crippen molar-refractivity contribution in [3.63, 3.8) is 0 Å². The number of nitrogens with zero attached hydrogens (tertiary/aromatic N) is 2. The summed E-state index contributed by atoms with van der Waals surface area (Å²) < 4.78 is 40.6. The molecule has 0 bridgehead atoms. The molecule has 2 aromatic rings. The molecule has 1 aromatic heterocycles. The van der Waals surface area contributed by atoms with Crippen LogP contribution in [0.2, 0.25) is 0 Å². The van der Waals surface area contributed by atoms with Gasteiger partial charge in [0.1, 0.15) is 5.82 Å². The topological polar surface area (TPSA) is 46.9 Å². The van der Waals surface area contributed by atoms with Crippen molar-refractivity contribution >= 4 is 12.1 Å². The number of carbonyl (C=O) groups excluding carboxylic acids is 1. The van der Waals surface area contributed by atoms with Crippen LogP contribution in [-0.4, -0.2) is 22.2 Å². The summed E-state index contributed by atoms with van der Waals surface area (Å²) in [6, 6.07) is 6.61. The van der Waals surface area contributed by atoms with E-state index < -0.39 is 18.3 Å². The number of aromatic nitrogens is 2. The summed E-state index contributed by atoms with van der Waals surface area (Å²) in [5, 5.41) is 6.69. The van der Waals surface area contributed by atoms with Crippen LogP contribution in [0.15, 0.2) is 36.5 Å². The minimum Gasteiger partial charge on any atom is -0.363 e. The van der Waals surface area contributed by atoms with Crippen molar-refractivity contribution in [2.24, 2.45) is 0 Å². The van der Waals surface area contributed by atoms with Gasteiger partial charge in [0.05, 0.1) is 17.8 Å². The standard InChI is InChI=1S/C14H12F3N3O/c15-14(16,17)12-6-11(9-4-2-1-3-5-9)19-13-10(8-21)7-18-20(12)13/h1-5,7-8,11-12,19H,6H2. The molecule has 1 N–H and O–H groups in total. The van der Waals surface area contributed by atoms with Gasteiger partial charge in [-0.25, -0.2) is 4.68 Å². The predicted molar refractivity (Wildman–Crippen MR) is 70.1 cm³/mol. The van der Waals surface area contributed by atoms with E-state index in [1.807, 2.05) is 0 Å². The van der Waals surface area contributed by atoms with Gasteiger partial charge in [0, 0.05) is 6.42 Å². The molecule has 2 heterocycles. The highest BCUT2D eigenvalue weighted by Crippen LogP contribution is 2.43. The highest BCUT2D eigenvalue weighted by Gasteiger charge is 2.46. The van der Waals surface area contributed by atoms with Crippen LogP contribution >= 0.6 is 0 Å². The maximum Gasteiger partial charge on any atom is 0.410 e. The number of rotatable bonds is 2. The normalized spacial score (nSPS) is 21.5. The molecule has 7 heteroatoms. The largest absolute Gasteiger partial charge is 0.410 e. The van der Waals surface area contributed by atoms with Gasteiger partial charge in [-0.15, -0.1) is 0 Å². The van der Waals surface area contributed by atoms with E-state index in [2.05, 4.69) is 10.4 Å². The lowest BCUT2D eigenvalue weighted by molar-refractivity contribution is -0.173. The SMILES string of the molecule is O=Cc1cnn2c1NC(c1ccccc1)CC2C(F)(F)F. The number of fused-ring (bicyclic) bond motifs is 1. The summed E-state index contributed by atoms with van der Waals surface area (Å²) in [7, 11) is 0. The van der Waals surface area contributed by atoms with Crippen LogP contribution in [0.3, 0.4) is 0 Å². The molecule has 0 aliphatic carbocycles. The Kier molecular flexibility index (Phi) is 3.19. The molecular weight excluding hydrogens is 283 g/mol. The first kappa shape index (κ1) is 13.7. The van der Waals surface area contributed by atoms with Gasteiger partial charge in [-0.1, -0.05) is 30.3 Å². The lowest BCUT2D eigenvalue weighted by Gasteiger charge is -2.33. The quantitative estimate of drug-likeness (QED) is 0.864. The fourth-order valence-corrected chi connectivity index (χ4v) is 2.57. The second kappa shape index (κ2) is 4.91. The van der Waals surface area contributed by atoms with E-state index in [0.29, 0.717) is 6.29 Å².